The first-order valence-electron chi connectivity index (χ1n) is 4.69. The molecule has 5 heteroatoms. The molecular weight excluding hydrogens is 184 g/mol. The molecule has 4 amide bonds. The Balaban J connectivity index is 2.07. The SMILES string of the molecule is CC1(CN2C(=O)NC(=O)C2=O)CCC1. The molecule has 76 valence electrons. The summed E-state index contributed by atoms with van der Waals surface area (Å²) in [6, 6.07) is -0.576. The van der Waals surface area contributed by atoms with Gasteiger partial charge in [-0.3, -0.25) is 19.8 Å². The number of imide groups is 2. The van der Waals surface area contributed by atoms with Gasteiger partial charge >= 0.3 is 17.8 Å². The minimum atomic E-state index is -0.807. The smallest absolute Gasteiger partial charge is 0.269 e. The Labute approximate surface area is 81.4 Å². The zero-order valence-corrected chi connectivity index (χ0v) is 8.00. The van der Waals surface area contributed by atoms with E-state index in [-0.39, 0.29) is 5.41 Å². The molecule has 5 nitrogen and oxygen atoms in total. The average Bonchev–Trinajstić information content (AvgIpc) is 2.29. The molecule has 1 saturated heterocycles. The van der Waals surface area contributed by atoms with Gasteiger partial charge in [0.15, 0.2) is 0 Å². The average molecular weight is 196 g/mol. The van der Waals surface area contributed by atoms with E-state index in [9.17, 15) is 14.4 Å². The number of hydrogen-bond donors (Lipinski definition) is 1. The van der Waals surface area contributed by atoms with Crippen molar-refractivity contribution in [2.24, 2.45) is 5.41 Å². The van der Waals surface area contributed by atoms with Crippen molar-refractivity contribution in [3.63, 3.8) is 0 Å². The van der Waals surface area contributed by atoms with Gasteiger partial charge < -0.3 is 0 Å². The first-order valence-corrected chi connectivity index (χ1v) is 4.69. The molecule has 2 aliphatic rings. The molecule has 1 saturated carbocycles. The van der Waals surface area contributed by atoms with E-state index in [2.05, 4.69) is 0 Å². The molecule has 0 unspecified atom stereocenters. The summed E-state index contributed by atoms with van der Waals surface area (Å²) in [7, 11) is 0. The molecular formula is C9H12N2O3. The van der Waals surface area contributed by atoms with Crippen molar-refractivity contribution in [1.29, 1.82) is 0 Å². The number of carbonyl (C=O) groups excluding carboxylic acids is 3. The van der Waals surface area contributed by atoms with Gasteiger partial charge in [0.05, 0.1) is 0 Å². The molecule has 0 aromatic carbocycles. The van der Waals surface area contributed by atoms with Crippen molar-refractivity contribution in [1.82, 2.24) is 10.2 Å². The molecule has 0 spiro atoms. The topological polar surface area (TPSA) is 66.5 Å². The highest BCUT2D eigenvalue weighted by atomic mass is 16.2. The van der Waals surface area contributed by atoms with E-state index in [1.165, 1.54) is 0 Å². The van der Waals surface area contributed by atoms with Crippen LogP contribution >= 0.6 is 0 Å². The maximum Gasteiger partial charge on any atom is 0.331 e. The van der Waals surface area contributed by atoms with Crippen molar-refractivity contribution in [3.8, 4) is 0 Å². The molecule has 1 aliphatic heterocycles. The molecule has 2 rings (SSSR count). The van der Waals surface area contributed by atoms with Crippen molar-refractivity contribution in [2.75, 3.05) is 6.54 Å². The van der Waals surface area contributed by atoms with Gasteiger partial charge in [0.2, 0.25) is 0 Å². The van der Waals surface area contributed by atoms with Gasteiger partial charge in [0.25, 0.3) is 0 Å². The van der Waals surface area contributed by atoms with Crippen LogP contribution in [0.25, 0.3) is 0 Å². The minimum Gasteiger partial charge on any atom is -0.269 e. The lowest BCUT2D eigenvalue weighted by Gasteiger charge is -2.39. The molecule has 0 aromatic rings. The van der Waals surface area contributed by atoms with Gasteiger partial charge in [-0.2, -0.15) is 0 Å². The number of amides is 4. The third-order valence-corrected chi connectivity index (χ3v) is 3.01. The summed E-state index contributed by atoms with van der Waals surface area (Å²) in [6.07, 6.45) is 3.16. The Morgan fingerprint density at radius 1 is 1.36 bits per heavy atom. The Hall–Kier alpha value is -1.39. The van der Waals surface area contributed by atoms with Crippen LogP contribution in [0.1, 0.15) is 26.2 Å². The molecule has 1 heterocycles. The summed E-state index contributed by atoms with van der Waals surface area (Å²) in [5.74, 6) is -1.53. The molecule has 2 fully saturated rings. The number of urea groups is 1. The lowest BCUT2D eigenvalue weighted by molar-refractivity contribution is -0.141. The summed E-state index contributed by atoms with van der Waals surface area (Å²) in [5.41, 5.74) is 0.0254. The maximum atomic E-state index is 11.2. The van der Waals surface area contributed by atoms with Crippen LogP contribution in [0.4, 0.5) is 4.79 Å². The van der Waals surface area contributed by atoms with Crippen LogP contribution in [-0.2, 0) is 9.59 Å². The predicted octanol–water partition coefficient (Wildman–Crippen LogP) is 0.255. The number of carbonyl (C=O) groups is 3. The van der Waals surface area contributed by atoms with E-state index < -0.39 is 17.8 Å². The summed E-state index contributed by atoms with van der Waals surface area (Å²) in [6.45, 7) is 2.39. The van der Waals surface area contributed by atoms with Crippen molar-refractivity contribution in [3.05, 3.63) is 0 Å². The van der Waals surface area contributed by atoms with Gasteiger partial charge in [-0.1, -0.05) is 13.3 Å². The molecule has 0 aromatic heterocycles. The second-order valence-corrected chi connectivity index (χ2v) is 4.31. The molecule has 14 heavy (non-hydrogen) atoms. The van der Waals surface area contributed by atoms with Crippen LogP contribution < -0.4 is 5.32 Å². The third-order valence-electron chi connectivity index (χ3n) is 3.01. The zero-order chi connectivity index (χ0) is 10.3. The number of nitrogens with one attached hydrogen (secondary N) is 1. The largest absolute Gasteiger partial charge is 0.331 e. The molecule has 0 radical (unpaired) electrons. The van der Waals surface area contributed by atoms with E-state index in [4.69, 9.17) is 0 Å². The van der Waals surface area contributed by atoms with Gasteiger partial charge in [-0.15, -0.1) is 0 Å². The fraction of sp³-hybridized carbons (Fsp3) is 0.667. The monoisotopic (exact) mass is 196 g/mol. The summed E-state index contributed by atoms with van der Waals surface area (Å²) < 4.78 is 0. The van der Waals surface area contributed by atoms with E-state index in [1.54, 1.807) is 0 Å². The second-order valence-electron chi connectivity index (χ2n) is 4.31. The van der Waals surface area contributed by atoms with Gasteiger partial charge in [0, 0.05) is 6.54 Å². The van der Waals surface area contributed by atoms with E-state index in [0.29, 0.717) is 6.54 Å². The van der Waals surface area contributed by atoms with E-state index in [1.807, 2.05) is 12.2 Å². The first kappa shape index (κ1) is 9.18. The molecule has 0 bridgehead atoms. The number of hydrogen-bond acceptors (Lipinski definition) is 3. The third kappa shape index (κ3) is 1.29. The highest BCUT2D eigenvalue weighted by molar-refractivity contribution is 6.44. The first-order chi connectivity index (χ1) is 6.52. The zero-order valence-electron chi connectivity index (χ0n) is 8.00. The number of rotatable bonds is 2. The summed E-state index contributed by atoms with van der Waals surface area (Å²) in [4.78, 5) is 34.3. The van der Waals surface area contributed by atoms with Crippen molar-refractivity contribution < 1.29 is 14.4 Å². The van der Waals surface area contributed by atoms with E-state index in [0.717, 1.165) is 24.2 Å². The Kier molecular flexibility index (Phi) is 1.83. The van der Waals surface area contributed by atoms with Crippen LogP contribution in [0.2, 0.25) is 0 Å². The highest BCUT2D eigenvalue weighted by Gasteiger charge is 2.43. The quantitative estimate of drug-likeness (QED) is 0.508. The fourth-order valence-electron chi connectivity index (χ4n) is 1.90. The predicted molar refractivity (Wildman–Crippen MR) is 47.2 cm³/mol. The van der Waals surface area contributed by atoms with Crippen LogP contribution in [0.5, 0.6) is 0 Å². The second kappa shape index (κ2) is 2.80. The molecule has 1 N–H and O–H groups in total. The number of nitrogens with zero attached hydrogens (tertiary/aromatic N) is 1. The lowest BCUT2D eigenvalue weighted by atomic mass is 9.70. The normalized spacial score (nSPS) is 24.9. The standard InChI is InChI=1S/C9H12N2O3/c1-9(3-2-4-9)5-11-7(13)6(12)10-8(11)14/h2-5H2,1H3,(H,10,12,14). The minimum absolute atomic E-state index is 0.0254. The fourth-order valence-corrected chi connectivity index (χ4v) is 1.90. The Bertz CT molecular complexity index is 320. The van der Waals surface area contributed by atoms with Crippen molar-refractivity contribution in [2.45, 2.75) is 26.2 Å². The lowest BCUT2D eigenvalue weighted by Crippen LogP contribution is -2.43. The van der Waals surface area contributed by atoms with Crippen LogP contribution in [-0.4, -0.2) is 29.3 Å². The van der Waals surface area contributed by atoms with Crippen LogP contribution in [0.15, 0.2) is 0 Å². The summed E-state index contributed by atoms with van der Waals surface area (Å²) >= 11 is 0. The Morgan fingerprint density at radius 2 is 2.00 bits per heavy atom. The van der Waals surface area contributed by atoms with Gasteiger partial charge in [-0.25, -0.2) is 4.79 Å². The molecule has 1 aliphatic carbocycles. The van der Waals surface area contributed by atoms with Gasteiger partial charge in [0.1, 0.15) is 0 Å². The highest BCUT2D eigenvalue weighted by Crippen LogP contribution is 2.41. The van der Waals surface area contributed by atoms with Crippen LogP contribution in [0, 0.1) is 5.41 Å². The molecule has 0 atom stereocenters. The summed E-state index contributed by atoms with van der Waals surface area (Å²) in [5, 5.41) is 1.99. The van der Waals surface area contributed by atoms with E-state index >= 15 is 0 Å². The maximum absolute atomic E-state index is 11.2. The Morgan fingerprint density at radius 3 is 2.36 bits per heavy atom. The van der Waals surface area contributed by atoms with Crippen LogP contribution in [0.3, 0.4) is 0 Å². The van der Waals surface area contributed by atoms with Crippen molar-refractivity contribution >= 4 is 17.8 Å². The van der Waals surface area contributed by atoms with Gasteiger partial charge in [-0.05, 0) is 18.3 Å².